The van der Waals surface area contributed by atoms with Crippen molar-refractivity contribution in [3.63, 3.8) is 0 Å². The molecule has 1 aromatic heterocycles. The van der Waals surface area contributed by atoms with Crippen LogP contribution >= 0.6 is 0 Å². The van der Waals surface area contributed by atoms with Gasteiger partial charge in [0, 0.05) is 33.8 Å². The second-order valence-corrected chi connectivity index (χ2v) is 4.33. The van der Waals surface area contributed by atoms with Crippen LogP contribution in [0, 0.1) is 0 Å². The predicted molar refractivity (Wildman–Crippen MR) is 69.6 cm³/mol. The van der Waals surface area contributed by atoms with E-state index in [-0.39, 0.29) is 6.04 Å². The van der Waals surface area contributed by atoms with Crippen LogP contribution in [0.4, 0.5) is 0 Å². The van der Waals surface area contributed by atoms with E-state index in [0.717, 1.165) is 37.4 Å². The van der Waals surface area contributed by atoms with Gasteiger partial charge in [-0.25, -0.2) is 4.68 Å². The Balaban J connectivity index is 2.81. The molecule has 1 aromatic rings. The van der Waals surface area contributed by atoms with Crippen LogP contribution in [0.3, 0.4) is 0 Å². The third-order valence-corrected chi connectivity index (χ3v) is 2.92. The van der Waals surface area contributed by atoms with Gasteiger partial charge >= 0.3 is 0 Å². The van der Waals surface area contributed by atoms with E-state index in [4.69, 9.17) is 9.47 Å². The molecule has 0 radical (unpaired) electrons. The molecule has 0 aliphatic carbocycles. The molecule has 0 fully saturated rings. The van der Waals surface area contributed by atoms with Crippen LogP contribution in [0.2, 0.25) is 0 Å². The Morgan fingerprint density at radius 1 is 1.28 bits per heavy atom. The summed E-state index contributed by atoms with van der Waals surface area (Å²) in [5, 5.41) is 11.6. The normalized spacial score (nSPS) is 12.9. The predicted octanol–water partition coefficient (Wildman–Crippen LogP) is 0.784. The van der Waals surface area contributed by atoms with Gasteiger partial charge in [-0.05, 0) is 20.4 Å². The van der Waals surface area contributed by atoms with Gasteiger partial charge in [0.25, 0.3) is 0 Å². The summed E-state index contributed by atoms with van der Waals surface area (Å²) >= 11 is 0. The average molecular weight is 256 g/mol. The lowest BCUT2D eigenvalue weighted by Crippen LogP contribution is -2.16. The third-order valence-electron chi connectivity index (χ3n) is 2.92. The summed E-state index contributed by atoms with van der Waals surface area (Å²) in [5.74, 6) is 0. The van der Waals surface area contributed by atoms with Crippen LogP contribution in [0.25, 0.3) is 0 Å². The molecule has 1 N–H and O–H groups in total. The molecule has 0 spiro atoms. The van der Waals surface area contributed by atoms with Crippen molar-refractivity contribution in [1.29, 1.82) is 0 Å². The number of methoxy groups -OCH3 is 2. The first-order valence-electron chi connectivity index (χ1n) is 6.30. The molecule has 1 unspecified atom stereocenters. The zero-order chi connectivity index (χ0) is 13.4. The Labute approximate surface area is 109 Å². The topological polar surface area (TPSA) is 61.2 Å². The fourth-order valence-corrected chi connectivity index (χ4v) is 1.87. The van der Waals surface area contributed by atoms with Gasteiger partial charge in [0.1, 0.15) is 0 Å². The molecule has 104 valence electrons. The number of rotatable bonds is 9. The van der Waals surface area contributed by atoms with Gasteiger partial charge in [-0.15, -0.1) is 5.10 Å². The lowest BCUT2D eigenvalue weighted by molar-refractivity contribution is 0.175. The van der Waals surface area contributed by atoms with Gasteiger partial charge in [-0.3, -0.25) is 0 Å². The van der Waals surface area contributed by atoms with Crippen molar-refractivity contribution < 1.29 is 9.47 Å². The van der Waals surface area contributed by atoms with E-state index in [0.29, 0.717) is 6.61 Å². The van der Waals surface area contributed by atoms with Crippen LogP contribution in [0.15, 0.2) is 0 Å². The minimum Gasteiger partial charge on any atom is -0.385 e. The quantitative estimate of drug-likeness (QED) is 0.707. The monoisotopic (exact) mass is 256 g/mol. The molecular weight excluding hydrogens is 232 g/mol. The van der Waals surface area contributed by atoms with E-state index < -0.39 is 0 Å². The first kappa shape index (κ1) is 15.1. The summed E-state index contributed by atoms with van der Waals surface area (Å²) in [6.45, 7) is 4.27. The minimum atomic E-state index is 0.287. The van der Waals surface area contributed by atoms with Gasteiger partial charge < -0.3 is 14.8 Å². The van der Waals surface area contributed by atoms with Crippen LogP contribution in [0.5, 0.6) is 0 Å². The maximum atomic E-state index is 5.15. The van der Waals surface area contributed by atoms with Crippen LogP contribution in [0.1, 0.15) is 30.8 Å². The lowest BCUT2D eigenvalue weighted by atomic mass is 10.2. The van der Waals surface area contributed by atoms with Crippen molar-refractivity contribution in [2.24, 2.45) is 0 Å². The molecule has 6 heteroatoms. The van der Waals surface area contributed by atoms with Gasteiger partial charge in [-0.1, -0.05) is 5.21 Å². The van der Waals surface area contributed by atoms with Crippen molar-refractivity contribution in [3.05, 3.63) is 11.4 Å². The minimum absolute atomic E-state index is 0.287. The third kappa shape index (κ3) is 4.04. The van der Waals surface area contributed by atoms with Crippen LogP contribution < -0.4 is 5.32 Å². The molecule has 18 heavy (non-hydrogen) atoms. The van der Waals surface area contributed by atoms with Crippen molar-refractivity contribution in [2.75, 3.05) is 34.5 Å². The van der Waals surface area contributed by atoms with Crippen molar-refractivity contribution >= 4 is 0 Å². The SMILES string of the molecule is CNCc1nnn(C(C)CCOC)c1CCOC. The van der Waals surface area contributed by atoms with Gasteiger partial charge in [0.05, 0.1) is 24.0 Å². The highest BCUT2D eigenvalue weighted by molar-refractivity contribution is 5.11. The number of nitrogens with zero attached hydrogens (tertiary/aromatic N) is 3. The summed E-state index contributed by atoms with van der Waals surface area (Å²) in [7, 11) is 5.33. The largest absolute Gasteiger partial charge is 0.385 e. The van der Waals surface area contributed by atoms with E-state index in [2.05, 4.69) is 22.6 Å². The smallest absolute Gasteiger partial charge is 0.0997 e. The molecule has 0 saturated carbocycles. The molecule has 0 saturated heterocycles. The zero-order valence-electron chi connectivity index (χ0n) is 11.8. The highest BCUT2D eigenvalue weighted by Gasteiger charge is 2.16. The fourth-order valence-electron chi connectivity index (χ4n) is 1.87. The van der Waals surface area contributed by atoms with Crippen molar-refractivity contribution in [1.82, 2.24) is 20.3 Å². The standard InChI is InChI=1S/C12H24N4O2/c1-10(5-7-17-3)16-12(6-8-18-4)11(9-13-2)14-15-16/h10,13H,5-9H2,1-4H3. The lowest BCUT2D eigenvalue weighted by Gasteiger charge is -2.14. The Kier molecular flexibility index (Phi) is 6.85. The Hall–Kier alpha value is -0.980. The second-order valence-electron chi connectivity index (χ2n) is 4.33. The fraction of sp³-hybridized carbons (Fsp3) is 0.833. The maximum absolute atomic E-state index is 5.15. The van der Waals surface area contributed by atoms with Gasteiger partial charge in [0.15, 0.2) is 0 Å². The van der Waals surface area contributed by atoms with E-state index in [9.17, 15) is 0 Å². The number of nitrogens with one attached hydrogen (secondary N) is 1. The van der Waals surface area contributed by atoms with E-state index >= 15 is 0 Å². The summed E-state index contributed by atoms with van der Waals surface area (Å²) in [6, 6.07) is 0.287. The van der Waals surface area contributed by atoms with E-state index in [1.807, 2.05) is 11.7 Å². The molecule has 0 bridgehead atoms. The Morgan fingerprint density at radius 2 is 2.00 bits per heavy atom. The number of hydrogen-bond donors (Lipinski definition) is 1. The van der Waals surface area contributed by atoms with E-state index in [1.165, 1.54) is 0 Å². The van der Waals surface area contributed by atoms with Crippen molar-refractivity contribution in [3.8, 4) is 0 Å². The van der Waals surface area contributed by atoms with Crippen LogP contribution in [-0.4, -0.2) is 49.5 Å². The second kappa shape index (κ2) is 8.18. The Morgan fingerprint density at radius 3 is 2.61 bits per heavy atom. The van der Waals surface area contributed by atoms with Crippen LogP contribution in [-0.2, 0) is 22.4 Å². The number of hydrogen-bond acceptors (Lipinski definition) is 5. The molecule has 0 aromatic carbocycles. The maximum Gasteiger partial charge on any atom is 0.0997 e. The average Bonchev–Trinajstić information content (AvgIpc) is 2.77. The summed E-state index contributed by atoms with van der Waals surface area (Å²) in [6.07, 6.45) is 1.76. The molecule has 1 heterocycles. The molecule has 0 aliphatic heterocycles. The molecule has 6 nitrogen and oxygen atoms in total. The van der Waals surface area contributed by atoms with E-state index in [1.54, 1.807) is 14.2 Å². The first-order chi connectivity index (χ1) is 8.74. The first-order valence-corrected chi connectivity index (χ1v) is 6.30. The Bertz CT molecular complexity index is 341. The molecule has 0 aliphatic rings. The molecule has 1 atom stereocenters. The molecule has 1 rings (SSSR count). The number of ether oxygens (including phenoxy) is 2. The van der Waals surface area contributed by atoms with Gasteiger partial charge in [0.2, 0.25) is 0 Å². The van der Waals surface area contributed by atoms with Gasteiger partial charge in [-0.2, -0.15) is 0 Å². The molecular formula is C12H24N4O2. The highest BCUT2D eigenvalue weighted by atomic mass is 16.5. The van der Waals surface area contributed by atoms with Crippen molar-refractivity contribution in [2.45, 2.75) is 32.4 Å². The summed E-state index contributed by atoms with van der Waals surface area (Å²) in [4.78, 5) is 0. The summed E-state index contributed by atoms with van der Waals surface area (Å²) in [5.41, 5.74) is 2.15. The number of aromatic nitrogens is 3. The molecule has 0 amide bonds. The highest BCUT2D eigenvalue weighted by Crippen LogP contribution is 2.16. The zero-order valence-corrected chi connectivity index (χ0v) is 11.8. The summed E-state index contributed by atoms with van der Waals surface area (Å²) < 4.78 is 12.3.